The van der Waals surface area contributed by atoms with Gasteiger partial charge in [0.25, 0.3) is 0 Å². The van der Waals surface area contributed by atoms with Crippen molar-refractivity contribution < 1.29 is 4.74 Å². The average Bonchev–Trinajstić information content (AvgIpc) is 3.66. The van der Waals surface area contributed by atoms with Crippen LogP contribution in [-0.2, 0) is 0 Å². The lowest BCUT2D eigenvalue weighted by atomic mass is 10.0. The van der Waals surface area contributed by atoms with Crippen molar-refractivity contribution in [3.05, 3.63) is 146 Å². The van der Waals surface area contributed by atoms with E-state index in [9.17, 15) is 0 Å². The van der Waals surface area contributed by atoms with E-state index in [1.165, 1.54) is 0 Å². The van der Waals surface area contributed by atoms with Gasteiger partial charge in [-0.1, -0.05) is 97.1 Å². The molecule has 1 aliphatic heterocycles. The number of hydrogen-bond donors (Lipinski definition) is 0. The molecule has 6 aromatic carbocycles. The molecule has 0 aliphatic carbocycles. The molecule has 3 heterocycles. The predicted molar refractivity (Wildman–Crippen MR) is 172 cm³/mol. The molecule has 9 rings (SSSR count). The van der Waals surface area contributed by atoms with E-state index in [-0.39, 0.29) is 0 Å². The van der Waals surface area contributed by atoms with Crippen molar-refractivity contribution in [3.63, 3.8) is 0 Å². The van der Waals surface area contributed by atoms with Crippen LogP contribution in [0.2, 0.25) is 0 Å². The Bertz CT molecular complexity index is 2300. The molecule has 5 nitrogen and oxygen atoms in total. The number of ether oxygens (including phenoxy) is 1. The van der Waals surface area contributed by atoms with E-state index in [1.54, 1.807) is 0 Å². The van der Waals surface area contributed by atoms with Crippen molar-refractivity contribution in [2.24, 2.45) is 0 Å². The van der Waals surface area contributed by atoms with Crippen LogP contribution < -0.4 is 4.74 Å². The first kappa shape index (κ1) is 23.7. The van der Waals surface area contributed by atoms with Gasteiger partial charge in [0.2, 0.25) is 0 Å². The molecule has 1 aliphatic rings. The second-order valence-corrected chi connectivity index (χ2v) is 10.7. The maximum absolute atomic E-state index is 6.48. The van der Waals surface area contributed by atoms with Crippen LogP contribution in [0, 0.1) is 0 Å². The van der Waals surface area contributed by atoms with Crippen LogP contribution in [0.25, 0.3) is 67.3 Å². The van der Waals surface area contributed by atoms with Crippen molar-refractivity contribution in [1.82, 2.24) is 19.1 Å². The highest BCUT2D eigenvalue weighted by molar-refractivity contribution is 5.91. The van der Waals surface area contributed by atoms with E-state index in [1.807, 2.05) is 48.5 Å². The highest BCUT2D eigenvalue weighted by Gasteiger charge is 2.25. The molecule has 43 heavy (non-hydrogen) atoms. The predicted octanol–water partition coefficient (Wildman–Crippen LogP) is 9.47. The number of imidazole rings is 2. The fourth-order valence-corrected chi connectivity index (χ4v) is 6.14. The van der Waals surface area contributed by atoms with E-state index < -0.39 is 0 Å². The Morgan fingerprint density at radius 3 is 1.91 bits per heavy atom. The number of fused-ring (bicyclic) bond motifs is 3. The fraction of sp³-hybridized carbons (Fsp3) is 0. The maximum Gasteiger partial charge on any atom is 0.153 e. The molecule has 202 valence electrons. The van der Waals surface area contributed by atoms with Gasteiger partial charge in [-0.3, -0.25) is 9.13 Å². The summed E-state index contributed by atoms with van der Waals surface area (Å²) in [7, 11) is 0. The minimum Gasteiger partial charge on any atom is -0.453 e. The van der Waals surface area contributed by atoms with Crippen LogP contribution in [0.1, 0.15) is 0 Å². The summed E-state index contributed by atoms with van der Waals surface area (Å²) in [6.45, 7) is 0. The van der Waals surface area contributed by atoms with Crippen LogP contribution >= 0.6 is 0 Å². The van der Waals surface area contributed by atoms with E-state index in [0.29, 0.717) is 0 Å². The second-order valence-electron chi connectivity index (χ2n) is 10.7. The Morgan fingerprint density at radius 1 is 0.442 bits per heavy atom. The first-order valence-electron chi connectivity index (χ1n) is 14.3. The molecular formula is C38H24N4O. The number of benzene rings is 6. The third-order valence-corrected chi connectivity index (χ3v) is 8.14. The van der Waals surface area contributed by atoms with Gasteiger partial charge in [0.05, 0.1) is 22.2 Å². The monoisotopic (exact) mass is 552 g/mol. The minimum absolute atomic E-state index is 0.808. The zero-order valence-electron chi connectivity index (χ0n) is 23.1. The summed E-state index contributed by atoms with van der Waals surface area (Å²) < 4.78 is 10.9. The van der Waals surface area contributed by atoms with Gasteiger partial charge in [-0.15, -0.1) is 0 Å². The third-order valence-electron chi connectivity index (χ3n) is 8.14. The normalized spacial score (nSPS) is 11.9. The smallest absolute Gasteiger partial charge is 0.153 e. The fourth-order valence-electron chi connectivity index (χ4n) is 6.14. The zero-order chi connectivity index (χ0) is 28.3. The van der Waals surface area contributed by atoms with E-state index in [0.717, 1.165) is 78.8 Å². The zero-order valence-corrected chi connectivity index (χ0v) is 23.1. The summed E-state index contributed by atoms with van der Waals surface area (Å²) in [5.74, 6) is 3.45. The molecular weight excluding hydrogens is 528 g/mol. The number of aromatic nitrogens is 4. The molecule has 0 saturated heterocycles. The van der Waals surface area contributed by atoms with Crippen LogP contribution in [-0.4, -0.2) is 19.1 Å². The van der Waals surface area contributed by atoms with Crippen LogP contribution in [0.5, 0.6) is 11.5 Å². The molecule has 0 radical (unpaired) electrons. The standard InChI is InChI=1S/C38H24N4O/c1-3-10-26(11-4-1)38-40-31-15-9-17-34-36(31)42(38)33-23-22-28(24-35(33)43-34)25-18-20-27(21-19-25)37-39-30-14-7-8-16-32(30)41(37)29-12-5-2-6-13-29/h1-24H. The quantitative estimate of drug-likeness (QED) is 0.218. The molecule has 8 aromatic rings. The molecule has 5 heteroatoms. The van der Waals surface area contributed by atoms with Gasteiger partial charge in [0.1, 0.15) is 17.2 Å². The summed E-state index contributed by atoms with van der Waals surface area (Å²) in [6, 6.07) is 50.1. The van der Waals surface area contributed by atoms with Crippen molar-refractivity contribution >= 4 is 22.1 Å². The Kier molecular flexibility index (Phi) is 5.13. The lowest BCUT2D eigenvalue weighted by molar-refractivity contribution is 0.476. The molecule has 0 fully saturated rings. The average molecular weight is 553 g/mol. The molecule has 0 bridgehead atoms. The Labute approximate surface area is 247 Å². The minimum atomic E-state index is 0.808. The molecule has 0 N–H and O–H groups in total. The van der Waals surface area contributed by atoms with Crippen LogP contribution in [0.4, 0.5) is 0 Å². The molecule has 0 unspecified atom stereocenters. The second kappa shape index (κ2) is 9.29. The van der Waals surface area contributed by atoms with Crippen molar-refractivity contribution in [2.45, 2.75) is 0 Å². The summed E-state index contributed by atoms with van der Waals surface area (Å²) in [4.78, 5) is 10.0. The summed E-state index contributed by atoms with van der Waals surface area (Å²) in [6.07, 6.45) is 0. The van der Waals surface area contributed by atoms with Gasteiger partial charge in [0, 0.05) is 16.8 Å². The Morgan fingerprint density at radius 2 is 1.07 bits per heavy atom. The summed E-state index contributed by atoms with van der Waals surface area (Å²) >= 11 is 0. The summed E-state index contributed by atoms with van der Waals surface area (Å²) in [5, 5.41) is 0. The highest BCUT2D eigenvalue weighted by atomic mass is 16.5. The van der Waals surface area contributed by atoms with Crippen molar-refractivity contribution in [3.8, 4) is 56.8 Å². The lowest BCUT2D eigenvalue weighted by Gasteiger charge is -2.22. The number of hydrogen-bond acceptors (Lipinski definition) is 3. The summed E-state index contributed by atoms with van der Waals surface area (Å²) in [5.41, 5.74) is 10.4. The first-order valence-corrected chi connectivity index (χ1v) is 14.3. The molecule has 2 aromatic heterocycles. The van der Waals surface area contributed by atoms with Crippen molar-refractivity contribution in [1.29, 1.82) is 0 Å². The van der Waals surface area contributed by atoms with Crippen LogP contribution in [0.15, 0.2) is 146 Å². The van der Waals surface area contributed by atoms with Crippen molar-refractivity contribution in [2.75, 3.05) is 0 Å². The van der Waals surface area contributed by atoms with Gasteiger partial charge in [0.15, 0.2) is 11.5 Å². The molecule has 0 amide bonds. The van der Waals surface area contributed by atoms with Crippen LogP contribution in [0.3, 0.4) is 0 Å². The molecule has 0 saturated carbocycles. The van der Waals surface area contributed by atoms with E-state index in [2.05, 4.69) is 106 Å². The van der Waals surface area contributed by atoms with Gasteiger partial charge in [-0.2, -0.15) is 0 Å². The molecule has 0 spiro atoms. The highest BCUT2D eigenvalue weighted by Crippen LogP contribution is 2.44. The SMILES string of the molecule is c1ccc(-c2nc3cccc4c3n2-c2ccc(-c3ccc(-c5nc6ccccc6n5-c5ccccc5)cc3)cc2O4)cc1. The number of para-hydroxylation sites is 4. The van der Waals surface area contributed by atoms with Gasteiger partial charge < -0.3 is 4.74 Å². The largest absolute Gasteiger partial charge is 0.453 e. The Balaban J connectivity index is 1.13. The van der Waals surface area contributed by atoms with Gasteiger partial charge in [-0.05, 0) is 59.7 Å². The molecule has 0 atom stereocenters. The van der Waals surface area contributed by atoms with E-state index >= 15 is 0 Å². The lowest BCUT2D eigenvalue weighted by Crippen LogP contribution is -2.05. The third kappa shape index (κ3) is 3.72. The van der Waals surface area contributed by atoms with Gasteiger partial charge in [-0.25, -0.2) is 9.97 Å². The van der Waals surface area contributed by atoms with E-state index in [4.69, 9.17) is 14.7 Å². The Hall–Kier alpha value is -5.94. The first-order chi connectivity index (χ1) is 21.3. The number of rotatable bonds is 4. The maximum atomic E-state index is 6.48. The number of nitrogens with zero attached hydrogens (tertiary/aromatic N) is 4. The van der Waals surface area contributed by atoms with Gasteiger partial charge >= 0.3 is 0 Å². The topological polar surface area (TPSA) is 44.9 Å².